The van der Waals surface area contributed by atoms with Crippen LogP contribution in [0.3, 0.4) is 0 Å². The molecule has 1 fully saturated rings. The van der Waals surface area contributed by atoms with Crippen molar-refractivity contribution in [3.8, 4) is 5.69 Å². The molecule has 0 spiro atoms. The lowest BCUT2D eigenvalue weighted by atomic mass is 10.0. The van der Waals surface area contributed by atoms with Crippen molar-refractivity contribution < 1.29 is 18.7 Å². The van der Waals surface area contributed by atoms with Gasteiger partial charge in [0.25, 0.3) is 5.91 Å². The van der Waals surface area contributed by atoms with Gasteiger partial charge in [0.05, 0.1) is 16.4 Å². The number of nitrogens with zero attached hydrogens (tertiary/aromatic N) is 4. The van der Waals surface area contributed by atoms with Gasteiger partial charge in [0.2, 0.25) is 0 Å². The first kappa shape index (κ1) is 29.4. The van der Waals surface area contributed by atoms with Crippen LogP contribution in [0, 0.1) is 5.82 Å². The molecular formula is C29H30Cl2FN5O3S. The third-order valence-corrected chi connectivity index (χ3v) is 8.09. The molecule has 2 aromatic carbocycles. The molecule has 2 aliphatic rings. The first-order valence-electron chi connectivity index (χ1n) is 13.1. The fourth-order valence-electron chi connectivity index (χ4n) is 4.65. The van der Waals surface area contributed by atoms with Gasteiger partial charge in [-0.2, -0.15) is 16.9 Å². The minimum atomic E-state index is -0.574. The number of ether oxygens (including phenoxy) is 1. The van der Waals surface area contributed by atoms with E-state index in [0.29, 0.717) is 53.4 Å². The molecule has 5 rings (SSSR count). The minimum absolute atomic E-state index is 0.290. The lowest BCUT2D eigenvalue weighted by Gasteiger charge is -2.35. The number of aromatic nitrogens is 2. The molecule has 1 N–H and O–H groups in total. The van der Waals surface area contributed by atoms with Crippen LogP contribution in [-0.2, 0) is 10.5 Å². The predicted octanol–water partition coefficient (Wildman–Crippen LogP) is 6.30. The average Bonchev–Trinajstić information content (AvgIpc) is 3.30. The number of halogens is 3. The normalized spacial score (nSPS) is 16.9. The van der Waals surface area contributed by atoms with Crippen molar-refractivity contribution in [1.29, 1.82) is 0 Å². The summed E-state index contributed by atoms with van der Waals surface area (Å²) in [5.74, 6) is 0.597. The molecule has 3 heterocycles. The minimum Gasteiger partial charge on any atom is -0.444 e. The van der Waals surface area contributed by atoms with Gasteiger partial charge >= 0.3 is 6.09 Å². The zero-order valence-corrected chi connectivity index (χ0v) is 25.2. The Morgan fingerprint density at radius 2 is 1.76 bits per heavy atom. The number of carbonyl (C=O) groups is 2. The molecule has 2 aliphatic heterocycles. The number of fused-ring (bicyclic) bond motifs is 1. The van der Waals surface area contributed by atoms with Gasteiger partial charge in [0, 0.05) is 48.3 Å². The van der Waals surface area contributed by atoms with Crippen LogP contribution in [0.15, 0.2) is 42.5 Å². The molecule has 0 aliphatic carbocycles. The topological polar surface area (TPSA) is 79.7 Å². The largest absolute Gasteiger partial charge is 0.444 e. The Kier molecular flexibility index (Phi) is 8.65. The van der Waals surface area contributed by atoms with Crippen molar-refractivity contribution in [3.63, 3.8) is 0 Å². The summed E-state index contributed by atoms with van der Waals surface area (Å²) in [6, 6.07) is 11.4. The van der Waals surface area contributed by atoms with E-state index in [1.54, 1.807) is 56.7 Å². The van der Waals surface area contributed by atoms with Crippen molar-refractivity contribution in [2.45, 2.75) is 32.1 Å². The highest BCUT2D eigenvalue weighted by atomic mass is 35.5. The van der Waals surface area contributed by atoms with E-state index < -0.39 is 5.60 Å². The lowest BCUT2D eigenvalue weighted by molar-refractivity contribution is 0.00970. The summed E-state index contributed by atoms with van der Waals surface area (Å²) in [5.41, 5.74) is 6.60. The molecular weight excluding hydrogens is 588 g/mol. The Morgan fingerprint density at radius 3 is 2.41 bits per heavy atom. The number of hydrogen-bond acceptors (Lipinski definition) is 6. The van der Waals surface area contributed by atoms with Gasteiger partial charge < -0.3 is 9.64 Å². The highest BCUT2D eigenvalue weighted by Gasteiger charge is 2.31. The van der Waals surface area contributed by atoms with Gasteiger partial charge in [0.15, 0.2) is 5.69 Å². The second kappa shape index (κ2) is 12.1. The highest BCUT2D eigenvalue weighted by Crippen LogP contribution is 2.38. The van der Waals surface area contributed by atoms with Crippen LogP contribution >= 0.6 is 35.0 Å². The van der Waals surface area contributed by atoms with Crippen molar-refractivity contribution >= 4 is 58.6 Å². The number of rotatable bonds is 4. The van der Waals surface area contributed by atoms with Crippen LogP contribution < -0.4 is 5.43 Å². The summed E-state index contributed by atoms with van der Waals surface area (Å²) in [6.45, 7) is 7.22. The highest BCUT2D eigenvalue weighted by molar-refractivity contribution is 7.99. The van der Waals surface area contributed by atoms with Crippen molar-refractivity contribution in [2.24, 2.45) is 0 Å². The summed E-state index contributed by atoms with van der Waals surface area (Å²) >= 11 is 14.4. The number of nitrogens with one attached hydrogen (secondary N) is 1. The molecule has 8 nitrogen and oxygen atoms in total. The van der Waals surface area contributed by atoms with E-state index >= 15 is 0 Å². The number of hydrogen-bond donors (Lipinski definition) is 1. The van der Waals surface area contributed by atoms with Gasteiger partial charge in [-0.15, -0.1) is 0 Å². The first-order chi connectivity index (χ1) is 19.5. The van der Waals surface area contributed by atoms with Gasteiger partial charge in [-0.1, -0.05) is 35.3 Å². The zero-order chi connectivity index (χ0) is 29.3. The first-order valence-corrected chi connectivity index (χ1v) is 15.0. The SMILES string of the molecule is CC(C)(C)OC(=O)N1CCN(NC(=O)c2nn(-c3ccc(Cl)cc3Cl)c3c2CSCC3=Cc2ccc(F)cc2)CC1. The van der Waals surface area contributed by atoms with Crippen LogP contribution in [-0.4, -0.2) is 69.2 Å². The number of hydrazine groups is 1. The van der Waals surface area contributed by atoms with Crippen molar-refractivity contribution in [1.82, 2.24) is 25.1 Å². The molecule has 1 aromatic heterocycles. The summed E-state index contributed by atoms with van der Waals surface area (Å²) in [5, 5.41) is 7.43. The fourth-order valence-corrected chi connectivity index (χ4v) is 6.16. The molecule has 3 aromatic rings. The molecule has 0 radical (unpaired) electrons. The summed E-state index contributed by atoms with van der Waals surface area (Å²) in [7, 11) is 0. The summed E-state index contributed by atoms with van der Waals surface area (Å²) in [6.07, 6.45) is 1.61. The van der Waals surface area contributed by atoms with E-state index in [-0.39, 0.29) is 23.5 Å². The van der Waals surface area contributed by atoms with Gasteiger partial charge in [-0.3, -0.25) is 10.2 Å². The van der Waals surface area contributed by atoms with Crippen molar-refractivity contribution in [2.75, 3.05) is 31.9 Å². The van der Waals surface area contributed by atoms with Gasteiger partial charge in [-0.25, -0.2) is 18.9 Å². The Bertz CT molecular complexity index is 1500. The van der Waals surface area contributed by atoms with E-state index in [1.807, 2.05) is 26.8 Å². The van der Waals surface area contributed by atoms with E-state index in [2.05, 4.69) is 5.43 Å². The van der Waals surface area contributed by atoms with Gasteiger partial charge in [0.1, 0.15) is 11.4 Å². The molecule has 0 atom stereocenters. The van der Waals surface area contributed by atoms with Crippen LogP contribution in [0.5, 0.6) is 0 Å². The number of piperazine rings is 1. The van der Waals surface area contributed by atoms with Crippen LogP contribution in [0.1, 0.15) is 48.1 Å². The standard InChI is InChI=1S/C29H30Cl2FN5O3S/c1-29(2,3)40-28(39)35-10-12-36(13-11-35)34-27(38)25-22-17-41-16-19(14-18-4-7-21(32)8-5-18)26(22)37(33-25)24-9-6-20(30)15-23(24)31/h4-9,14-15H,10-13,16-17H2,1-3H3,(H,34,38). The number of carbonyl (C=O) groups excluding carboxylic acids is 2. The Hall–Kier alpha value is -3.05. The quantitative estimate of drug-likeness (QED) is 0.370. The van der Waals surface area contributed by atoms with Crippen LogP contribution in [0.2, 0.25) is 10.0 Å². The van der Waals surface area contributed by atoms with Crippen molar-refractivity contribution in [3.05, 3.63) is 80.8 Å². The van der Waals surface area contributed by atoms with Gasteiger partial charge in [-0.05, 0) is 68.3 Å². The number of amides is 2. The van der Waals surface area contributed by atoms with Crippen LogP contribution in [0.25, 0.3) is 17.3 Å². The third-order valence-electron chi connectivity index (χ3n) is 6.55. The maximum Gasteiger partial charge on any atom is 0.410 e. The molecule has 12 heteroatoms. The van der Waals surface area contributed by atoms with E-state index in [9.17, 15) is 14.0 Å². The van der Waals surface area contributed by atoms with E-state index in [0.717, 1.165) is 22.4 Å². The third kappa shape index (κ3) is 6.89. The molecule has 41 heavy (non-hydrogen) atoms. The number of benzene rings is 2. The summed E-state index contributed by atoms with van der Waals surface area (Å²) < 4.78 is 20.7. The summed E-state index contributed by atoms with van der Waals surface area (Å²) in [4.78, 5) is 27.7. The lowest BCUT2D eigenvalue weighted by Crippen LogP contribution is -2.55. The maximum atomic E-state index is 13.6. The van der Waals surface area contributed by atoms with E-state index in [4.69, 9.17) is 33.0 Å². The Balaban J connectivity index is 1.43. The maximum absolute atomic E-state index is 13.6. The predicted molar refractivity (Wildman–Crippen MR) is 161 cm³/mol. The Labute approximate surface area is 252 Å². The fraction of sp³-hybridized carbons (Fsp3) is 0.345. The zero-order valence-electron chi connectivity index (χ0n) is 22.9. The Morgan fingerprint density at radius 1 is 1.05 bits per heavy atom. The molecule has 1 saturated heterocycles. The second-order valence-corrected chi connectivity index (χ2v) is 12.6. The smallest absolute Gasteiger partial charge is 0.410 e. The molecule has 0 saturated carbocycles. The number of thioether (sulfide) groups is 1. The average molecular weight is 619 g/mol. The second-order valence-electron chi connectivity index (χ2n) is 10.8. The molecule has 2 amide bonds. The van der Waals surface area contributed by atoms with Crippen LogP contribution in [0.4, 0.5) is 9.18 Å². The molecule has 0 bridgehead atoms. The molecule has 0 unspecified atom stereocenters. The monoisotopic (exact) mass is 617 g/mol. The van der Waals surface area contributed by atoms with E-state index in [1.165, 1.54) is 12.1 Å². The molecule has 216 valence electrons.